The Morgan fingerprint density at radius 3 is 2.48 bits per heavy atom. The summed E-state index contributed by atoms with van der Waals surface area (Å²) < 4.78 is 21.2. The van der Waals surface area contributed by atoms with Gasteiger partial charge in [-0.25, -0.2) is 0 Å². The predicted molar refractivity (Wildman–Crippen MR) is 83.4 cm³/mol. The Bertz CT molecular complexity index is 548. The third-order valence-corrected chi connectivity index (χ3v) is 3.82. The summed E-state index contributed by atoms with van der Waals surface area (Å²) in [5.74, 6) is 1.09. The maximum Gasteiger partial charge on any atom is 0.257 e. The van der Waals surface area contributed by atoms with Gasteiger partial charge in [0.1, 0.15) is 5.75 Å². The molecule has 23 heavy (non-hydrogen) atoms. The van der Waals surface area contributed by atoms with Crippen LogP contribution < -0.4 is 14.2 Å². The molecule has 1 aliphatic rings. The zero-order valence-electron chi connectivity index (χ0n) is 13.7. The van der Waals surface area contributed by atoms with Crippen LogP contribution in [0.5, 0.6) is 17.2 Å². The second kappa shape index (κ2) is 8.03. The quantitative estimate of drug-likeness (QED) is 0.862. The van der Waals surface area contributed by atoms with E-state index in [2.05, 4.69) is 0 Å². The molecule has 1 saturated heterocycles. The second-order valence-corrected chi connectivity index (χ2v) is 5.28. The number of benzene rings is 1. The summed E-state index contributed by atoms with van der Waals surface area (Å²) in [6.07, 6.45) is 0. The van der Waals surface area contributed by atoms with E-state index in [1.807, 2.05) is 0 Å². The van der Waals surface area contributed by atoms with E-state index in [1.165, 1.54) is 21.3 Å². The summed E-state index contributed by atoms with van der Waals surface area (Å²) in [6, 6.07) is 3.24. The summed E-state index contributed by atoms with van der Waals surface area (Å²) in [4.78, 5) is 14.5. The number of amides is 1. The van der Waals surface area contributed by atoms with E-state index < -0.39 is 0 Å². The first-order chi connectivity index (χ1) is 11.1. The minimum Gasteiger partial charge on any atom is -0.496 e. The number of methoxy groups -OCH3 is 3. The number of carbonyl (C=O) groups excluding carboxylic acids is 1. The third-order valence-electron chi connectivity index (χ3n) is 3.82. The summed E-state index contributed by atoms with van der Waals surface area (Å²) >= 11 is 0. The lowest BCUT2D eigenvalue weighted by atomic mass is 10.1. The van der Waals surface area contributed by atoms with E-state index >= 15 is 0 Å². The Hall–Kier alpha value is -1.99. The van der Waals surface area contributed by atoms with Crippen molar-refractivity contribution in [2.45, 2.75) is 0 Å². The maximum atomic E-state index is 12.9. The molecule has 7 heteroatoms. The highest BCUT2D eigenvalue weighted by atomic mass is 16.5. The number of aliphatic hydroxyl groups excluding tert-OH is 1. The van der Waals surface area contributed by atoms with E-state index in [0.717, 1.165) is 0 Å². The predicted octanol–water partition coefficient (Wildman–Crippen LogP) is 0.793. The number of aliphatic hydroxyl groups is 1. The molecule has 1 aliphatic heterocycles. The van der Waals surface area contributed by atoms with Crippen molar-refractivity contribution in [2.75, 3.05) is 54.2 Å². The Kier molecular flexibility index (Phi) is 6.06. The van der Waals surface area contributed by atoms with Crippen LogP contribution in [-0.2, 0) is 4.74 Å². The van der Waals surface area contributed by atoms with Crippen molar-refractivity contribution >= 4 is 5.91 Å². The van der Waals surface area contributed by atoms with Crippen LogP contribution in [0.3, 0.4) is 0 Å². The average molecular weight is 325 g/mol. The molecule has 1 heterocycles. The van der Waals surface area contributed by atoms with Gasteiger partial charge in [-0.05, 0) is 0 Å². The minimum atomic E-state index is -0.188. The number of rotatable bonds is 5. The van der Waals surface area contributed by atoms with Gasteiger partial charge in [0.05, 0.1) is 40.1 Å². The molecule has 0 saturated carbocycles. The fourth-order valence-electron chi connectivity index (χ4n) is 2.54. The molecule has 0 radical (unpaired) electrons. The Morgan fingerprint density at radius 2 is 1.87 bits per heavy atom. The molecule has 0 aromatic heterocycles. The van der Waals surface area contributed by atoms with Crippen LogP contribution in [0.4, 0.5) is 0 Å². The van der Waals surface area contributed by atoms with Crippen molar-refractivity contribution in [2.24, 2.45) is 5.92 Å². The highest BCUT2D eigenvalue weighted by Gasteiger charge is 2.26. The molecule has 2 rings (SSSR count). The van der Waals surface area contributed by atoms with Crippen molar-refractivity contribution in [3.05, 3.63) is 17.7 Å². The zero-order valence-corrected chi connectivity index (χ0v) is 13.7. The molecular formula is C16H23NO6. The van der Waals surface area contributed by atoms with Crippen LogP contribution >= 0.6 is 0 Å². The average Bonchev–Trinajstić information content (AvgIpc) is 2.85. The highest BCUT2D eigenvalue weighted by Crippen LogP contribution is 2.35. The largest absolute Gasteiger partial charge is 0.496 e. The molecule has 0 bridgehead atoms. The molecule has 0 aliphatic carbocycles. The van der Waals surface area contributed by atoms with Crippen molar-refractivity contribution in [1.29, 1.82) is 0 Å². The minimum absolute atomic E-state index is 0.0210. The SMILES string of the molecule is COc1cc(OC)c(C(=O)N2CCOCC(CO)C2)cc1OC. The maximum absolute atomic E-state index is 12.9. The molecule has 128 valence electrons. The monoisotopic (exact) mass is 325 g/mol. The van der Waals surface area contributed by atoms with Gasteiger partial charge in [-0.3, -0.25) is 4.79 Å². The van der Waals surface area contributed by atoms with Gasteiger partial charge in [-0.2, -0.15) is 0 Å². The van der Waals surface area contributed by atoms with E-state index in [4.69, 9.17) is 18.9 Å². The topological polar surface area (TPSA) is 77.5 Å². The number of hydrogen-bond donors (Lipinski definition) is 1. The lowest BCUT2D eigenvalue weighted by Crippen LogP contribution is -2.37. The summed E-state index contributed by atoms with van der Waals surface area (Å²) in [7, 11) is 4.54. The fourth-order valence-corrected chi connectivity index (χ4v) is 2.54. The van der Waals surface area contributed by atoms with Crippen LogP contribution in [0.2, 0.25) is 0 Å². The van der Waals surface area contributed by atoms with Gasteiger partial charge in [0.25, 0.3) is 5.91 Å². The first kappa shape index (κ1) is 17.4. The van der Waals surface area contributed by atoms with Crippen LogP contribution in [0.25, 0.3) is 0 Å². The lowest BCUT2D eigenvalue weighted by Gasteiger charge is -2.24. The van der Waals surface area contributed by atoms with Gasteiger partial charge in [0.2, 0.25) is 0 Å². The van der Waals surface area contributed by atoms with E-state index in [9.17, 15) is 9.90 Å². The van der Waals surface area contributed by atoms with Crippen LogP contribution in [0, 0.1) is 5.92 Å². The van der Waals surface area contributed by atoms with Gasteiger partial charge < -0.3 is 29.0 Å². The molecule has 1 amide bonds. The van der Waals surface area contributed by atoms with Gasteiger partial charge in [-0.1, -0.05) is 0 Å². The number of nitrogens with zero attached hydrogens (tertiary/aromatic N) is 1. The third kappa shape index (κ3) is 3.86. The van der Waals surface area contributed by atoms with Gasteiger partial charge >= 0.3 is 0 Å². The fraction of sp³-hybridized carbons (Fsp3) is 0.562. The van der Waals surface area contributed by atoms with E-state index in [0.29, 0.717) is 49.1 Å². The normalized spacial score (nSPS) is 18.3. The zero-order chi connectivity index (χ0) is 16.8. The second-order valence-electron chi connectivity index (χ2n) is 5.28. The van der Waals surface area contributed by atoms with Crippen molar-refractivity contribution in [1.82, 2.24) is 4.90 Å². The van der Waals surface area contributed by atoms with Gasteiger partial charge in [-0.15, -0.1) is 0 Å². The van der Waals surface area contributed by atoms with E-state index in [1.54, 1.807) is 17.0 Å². The summed E-state index contributed by atoms with van der Waals surface area (Å²) in [5.41, 5.74) is 0.392. The molecule has 0 spiro atoms. The van der Waals surface area contributed by atoms with Crippen molar-refractivity contribution in [3.8, 4) is 17.2 Å². The standard InChI is InChI=1S/C16H23NO6/c1-20-13-7-15(22-3)14(21-2)6-12(13)16(19)17-4-5-23-10-11(8-17)9-18/h6-7,11,18H,4-5,8-10H2,1-3H3. The van der Waals surface area contributed by atoms with E-state index in [-0.39, 0.29) is 18.4 Å². The molecule has 1 N–H and O–H groups in total. The van der Waals surface area contributed by atoms with Crippen molar-refractivity contribution in [3.63, 3.8) is 0 Å². The molecule has 1 aromatic rings. The summed E-state index contributed by atoms with van der Waals surface area (Å²) in [6.45, 7) is 1.77. The lowest BCUT2D eigenvalue weighted by molar-refractivity contribution is 0.0724. The molecule has 1 unspecified atom stereocenters. The van der Waals surface area contributed by atoms with Crippen molar-refractivity contribution < 1.29 is 28.8 Å². The molecule has 1 aromatic carbocycles. The molecule has 1 atom stereocenters. The van der Waals surface area contributed by atoms with Crippen LogP contribution in [0.15, 0.2) is 12.1 Å². The number of hydrogen-bond acceptors (Lipinski definition) is 6. The Balaban J connectivity index is 2.33. The molecule has 1 fully saturated rings. The highest BCUT2D eigenvalue weighted by molar-refractivity contribution is 5.98. The first-order valence-corrected chi connectivity index (χ1v) is 7.42. The first-order valence-electron chi connectivity index (χ1n) is 7.42. The number of ether oxygens (including phenoxy) is 4. The Labute approximate surface area is 135 Å². The molecular weight excluding hydrogens is 302 g/mol. The van der Waals surface area contributed by atoms with Gasteiger partial charge in [0, 0.05) is 37.7 Å². The number of carbonyl (C=O) groups is 1. The van der Waals surface area contributed by atoms with Crippen LogP contribution in [-0.4, -0.2) is 70.2 Å². The smallest absolute Gasteiger partial charge is 0.257 e. The van der Waals surface area contributed by atoms with Gasteiger partial charge in [0.15, 0.2) is 11.5 Å². The van der Waals surface area contributed by atoms with Crippen LogP contribution in [0.1, 0.15) is 10.4 Å². The Morgan fingerprint density at radius 1 is 1.22 bits per heavy atom. The summed E-state index contributed by atoms with van der Waals surface area (Å²) in [5, 5.41) is 9.36. The molecule has 7 nitrogen and oxygen atoms in total.